The van der Waals surface area contributed by atoms with Crippen LogP contribution >= 0.6 is 0 Å². The van der Waals surface area contributed by atoms with Crippen LogP contribution in [0.25, 0.3) is 0 Å². The van der Waals surface area contributed by atoms with Crippen molar-refractivity contribution in [2.45, 2.75) is 0 Å². The number of ether oxygens (including phenoxy) is 1. The Morgan fingerprint density at radius 2 is 2.29 bits per heavy atom. The van der Waals surface area contributed by atoms with Gasteiger partial charge in [0.15, 0.2) is 0 Å². The molecular weight excluding hydrogens is 180 g/mol. The summed E-state index contributed by atoms with van der Waals surface area (Å²) in [6, 6.07) is 7.65. The first-order valence-corrected chi connectivity index (χ1v) is 4.52. The largest absolute Gasteiger partial charge is 0.490 e. The van der Waals surface area contributed by atoms with Gasteiger partial charge in [-0.05, 0) is 12.1 Å². The molecule has 4 nitrogen and oxygen atoms in total. The predicted octanol–water partition coefficient (Wildman–Crippen LogP) is 0.371. The molecule has 0 saturated carbocycles. The molecule has 1 aromatic carbocycles. The lowest BCUT2D eigenvalue weighted by atomic mass is 10.2. The Bertz CT molecular complexity index is 352. The molecule has 0 fully saturated rings. The fraction of sp³-hybridized carbons (Fsp3) is 0.300. The van der Waals surface area contributed by atoms with Crippen LogP contribution in [-0.2, 0) is 4.79 Å². The molecule has 1 aromatic rings. The van der Waals surface area contributed by atoms with E-state index in [9.17, 15) is 4.79 Å². The number of nitrogens with two attached hydrogens (primary N) is 1. The van der Waals surface area contributed by atoms with Crippen LogP contribution in [0.4, 0.5) is 5.69 Å². The molecule has 0 radical (unpaired) electrons. The third kappa shape index (κ3) is 1.64. The molecule has 14 heavy (non-hydrogen) atoms. The minimum atomic E-state index is -0.318. The SMILES string of the molecule is NC(=O)CN1CCOc2ccccc21. The standard InChI is InChI=1S/C10H12N2O2/c11-10(13)7-12-5-6-14-9-4-2-1-3-8(9)12/h1-4H,5-7H2,(H2,11,13). The van der Waals surface area contributed by atoms with E-state index >= 15 is 0 Å². The van der Waals surface area contributed by atoms with Gasteiger partial charge in [0, 0.05) is 0 Å². The zero-order valence-electron chi connectivity index (χ0n) is 7.77. The molecule has 0 unspecified atom stereocenters. The van der Waals surface area contributed by atoms with Crippen LogP contribution in [0, 0.1) is 0 Å². The summed E-state index contributed by atoms with van der Waals surface area (Å²) in [4.78, 5) is 12.7. The van der Waals surface area contributed by atoms with Crippen LogP contribution in [0.2, 0.25) is 0 Å². The smallest absolute Gasteiger partial charge is 0.236 e. The number of amides is 1. The Hall–Kier alpha value is -1.71. The van der Waals surface area contributed by atoms with Gasteiger partial charge in [-0.15, -0.1) is 0 Å². The van der Waals surface area contributed by atoms with Gasteiger partial charge in [-0.1, -0.05) is 12.1 Å². The Labute approximate surface area is 82.3 Å². The van der Waals surface area contributed by atoms with Crippen LogP contribution in [0.1, 0.15) is 0 Å². The molecule has 0 saturated heterocycles. The fourth-order valence-corrected chi connectivity index (χ4v) is 1.58. The van der Waals surface area contributed by atoms with Crippen molar-refractivity contribution < 1.29 is 9.53 Å². The van der Waals surface area contributed by atoms with E-state index < -0.39 is 0 Å². The summed E-state index contributed by atoms with van der Waals surface area (Å²) in [5.74, 6) is 0.502. The topological polar surface area (TPSA) is 55.6 Å². The highest BCUT2D eigenvalue weighted by molar-refractivity contribution is 5.80. The van der Waals surface area contributed by atoms with E-state index in [0.717, 1.165) is 11.4 Å². The Kier molecular flexibility index (Phi) is 2.26. The van der Waals surface area contributed by atoms with Crippen molar-refractivity contribution >= 4 is 11.6 Å². The van der Waals surface area contributed by atoms with E-state index in [1.807, 2.05) is 29.2 Å². The number of rotatable bonds is 2. The monoisotopic (exact) mass is 192 g/mol. The molecule has 4 heteroatoms. The first kappa shape index (κ1) is 8.87. The molecule has 1 heterocycles. The van der Waals surface area contributed by atoms with Crippen LogP contribution in [0.5, 0.6) is 5.75 Å². The summed E-state index contributed by atoms with van der Waals surface area (Å²) >= 11 is 0. The van der Waals surface area contributed by atoms with Gasteiger partial charge < -0.3 is 15.4 Å². The second-order valence-electron chi connectivity index (χ2n) is 3.20. The van der Waals surface area contributed by atoms with Crippen molar-refractivity contribution in [3.05, 3.63) is 24.3 Å². The highest BCUT2D eigenvalue weighted by atomic mass is 16.5. The minimum Gasteiger partial charge on any atom is -0.490 e. The molecule has 1 aliphatic rings. The molecule has 1 aliphatic heterocycles. The van der Waals surface area contributed by atoms with Gasteiger partial charge in [-0.25, -0.2) is 0 Å². The second-order valence-corrected chi connectivity index (χ2v) is 3.20. The van der Waals surface area contributed by atoms with E-state index in [4.69, 9.17) is 10.5 Å². The molecular formula is C10H12N2O2. The van der Waals surface area contributed by atoms with Crippen molar-refractivity contribution in [1.29, 1.82) is 0 Å². The zero-order valence-corrected chi connectivity index (χ0v) is 7.77. The molecule has 0 aliphatic carbocycles. The average molecular weight is 192 g/mol. The summed E-state index contributed by atoms with van der Waals surface area (Å²) in [7, 11) is 0. The average Bonchev–Trinajstić information content (AvgIpc) is 2.18. The summed E-state index contributed by atoms with van der Waals surface area (Å²) < 4.78 is 5.44. The molecule has 74 valence electrons. The number of primary amides is 1. The maximum absolute atomic E-state index is 10.8. The molecule has 1 amide bonds. The number of carbonyl (C=O) groups excluding carboxylic acids is 1. The van der Waals surface area contributed by atoms with Crippen molar-refractivity contribution in [3.63, 3.8) is 0 Å². The number of fused-ring (bicyclic) bond motifs is 1. The first-order chi connectivity index (χ1) is 6.77. The lowest BCUT2D eigenvalue weighted by Crippen LogP contribution is -2.39. The van der Waals surface area contributed by atoms with Crippen molar-refractivity contribution in [3.8, 4) is 5.75 Å². The van der Waals surface area contributed by atoms with E-state index in [0.29, 0.717) is 13.2 Å². The van der Waals surface area contributed by atoms with Crippen LogP contribution in [0.3, 0.4) is 0 Å². The lowest BCUT2D eigenvalue weighted by Gasteiger charge is -2.29. The van der Waals surface area contributed by atoms with Gasteiger partial charge in [0.05, 0.1) is 18.8 Å². The van der Waals surface area contributed by atoms with Gasteiger partial charge in [0.25, 0.3) is 0 Å². The number of nitrogens with zero attached hydrogens (tertiary/aromatic N) is 1. The van der Waals surface area contributed by atoms with Gasteiger partial charge in [-0.2, -0.15) is 0 Å². The van der Waals surface area contributed by atoms with Crippen molar-refractivity contribution in [1.82, 2.24) is 0 Å². The van der Waals surface area contributed by atoms with Gasteiger partial charge in [0.1, 0.15) is 12.4 Å². The third-order valence-electron chi connectivity index (χ3n) is 2.17. The van der Waals surface area contributed by atoms with E-state index in [1.54, 1.807) is 0 Å². The van der Waals surface area contributed by atoms with Crippen molar-refractivity contribution in [2.24, 2.45) is 5.73 Å². The van der Waals surface area contributed by atoms with Crippen LogP contribution in [-0.4, -0.2) is 25.6 Å². The molecule has 2 N–H and O–H groups in total. The first-order valence-electron chi connectivity index (χ1n) is 4.52. The Balaban J connectivity index is 2.26. The maximum atomic E-state index is 10.8. The summed E-state index contributed by atoms with van der Waals surface area (Å²) in [6.07, 6.45) is 0. The fourth-order valence-electron chi connectivity index (χ4n) is 1.58. The molecule has 2 rings (SSSR count). The van der Waals surface area contributed by atoms with E-state index in [1.165, 1.54) is 0 Å². The summed E-state index contributed by atoms with van der Waals surface area (Å²) in [6.45, 7) is 1.56. The Morgan fingerprint density at radius 1 is 1.50 bits per heavy atom. The normalized spacial score (nSPS) is 14.4. The lowest BCUT2D eigenvalue weighted by molar-refractivity contribution is -0.116. The molecule has 0 aromatic heterocycles. The van der Waals surface area contributed by atoms with E-state index in [-0.39, 0.29) is 12.5 Å². The van der Waals surface area contributed by atoms with Crippen LogP contribution < -0.4 is 15.4 Å². The van der Waals surface area contributed by atoms with E-state index in [2.05, 4.69) is 0 Å². The number of carbonyl (C=O) groups is 1. The minimum absolute atomic E-state index is 0.250. The number of anilines is 1. The summed E-state index contributed by atoms with van der Waals surface area (Å²) in [5.41, 5.74) is 6.10. The molecule has 0 atom stereocenters. The highest BCUT2D eigenvalue weighted by Crippen LogP contribution is 2.30. The Morgan fingerprint density at radius 3 is 3.07 bits per heavy atom. The zero-order chi connectivity index (χ0) is 9.97. The second kappa shape index (κ2) is 3.57. The number of hydrogen-bond acceptors (Lipinski definition) is 3. The third-order valence-corrected chi connectivity index (χ3v) is 2.17. The van der Waals surface area contributed by atoms with Gasteiger partial charge in [-0.3, -0.25) is 4.79 Å². The van der Waals surface area contributed by atoms with Crippen LogP contribution in [0.15, 0.2) is 24.3 Å². The quantitative estimate of drug-likeness (QED) is 0.736. The molecule has 0 spiro atoms. The van der Waals surface area contributed by atoms with Gasteiger partial charge in [0.2, 0.25) is 5.91 Å². The summed E-state index contributed by atoms with van der Waals surface area (Å²) in [5, 5.41) is 0. The van der Waals surface area contributed by atoms with Crippen molar-refractivity contribution in [2.75, 3.05) is 24.6 Å². The number of hydrogen-bond donors (Lipinski definition) is 1. The number of para-hydroxylation sites is 2. The number of benzene rings is 1. The van der Waals surface area contributed by atoms with Gasteiger partial charge >= 0.3 is 0 Å². The highest BCUT2D eigenvalue weighted by Gasteiger charge is 2.18. The molecule has 0 bridgehead atoms. The predicted molar refractivity (Wildman–Crippen MR) is 53.3 cm³/mol. The maximum Gasteiger partial charge on any atom is 0.236 e.